The van der Waals surface area contributed by atoms with E-state index in [1.807, 2.05) is 19.9 Å². The minimum absolute atomic E-state index is 0.106. The Kier molecular flexibility index (Phi) is 10.1. The van der Waals surface area contributed by atoms with Gasteiger partial charge in [-0.1, -0.05) is 19.9 Å². The van der Waals surface area contributed by atoms with Gasteiger partial charge in [0.1, 0.15) is 23.8 Å². The van der Waals surface area contributed by atoms with Gasteiger partial charge in [0.05, 0.1) is 25.9 Å². The van der Waals surface area contributed by atoms with Gasteiger partial charge >= 0.3 is 6.18 Å². The van der Waals surface area contributed by atoms with Crippen LogP contribution in [0.4, 0.5) is 19.0 Å². The third kappa shape index (κ3) is 7.21. The molecular weight excluding hydrogens is 549 g/mol. The fourth-order valence-corrected chi connectivity index (χ4v) is 4.62. The van der Waals surface area contributed by atoms with E-state index in [1.165, 1.54) is 13.0 Å². The van der Waals surface area contributed by atoms with Gasteiger partial charge in [0.2, 0.25) is 0 Å². The first-order valence-corrected chi connectivity index (χ1v) is 13.8. The van der Waals surface area contributed by atoms with Gasteiger partial charge < -0.3 is 19.5 Å². The minimum Gasteiger partial charge on any atom is -0.493 e. The third-order valence-electron chi connectivity index (χ3n) is 6.63. The number of halogens is 3. The Labute approximate surface area is 243 Å². The second-order valence-corrected chi connectivity index (χ2v) is 9.45. The van der Waals surface area contributed by atoms with Gasteiger partial charge in [-0.15, -0.1) is 0 Å². The number of carbonyl (C=O) groups excluding carboxylic acids is 1. The number of carbonyl (C=O) groups is 1. The van der Waals surface area contributed by atoms with Crippen molar-refractivity contribution in [3.8, 4) is 22.8 Å². The van der Waals surface area contributed by atoms with Gasteiger partial charge in [-0.2, -0.15) is 13.2 Å². The third-order valence-corrected chi connectivity index (χ3v) is 6.63. The minimum atomic E-state index is -4.57. The molecule has 0 spiro atoms. The topological polar surface area (TPSA) is 77.3 Å². The number of hydrogen-bond donors (Lipinski definition) is 1. The van der Waals surface area contributed by atoms with Crippen molar-refractivity contribution in [2.24, 2.45) is 0 Å². The van der Waals surface area contributed by atoms with Crippen LogP contribution in [-0.2, 0) is 10.9 Å². The van der Waals surface area contributed by atoms with Crippen LogP contribution < -0.4 is 14.8 Å². The fraction of sp³-hybridized carbons (Fsp3) is 0.355. The van der Waals surface area contributed by atoms with Gasteiger partial charge in [-0.25, -0.2) is 4.98 Å². The lowest BCUT2D eigenvalue weighted by Gasteiger charge is -2.26. The maximum atomic E-state index is 13.4. The number of aromatic nitrogens is 2. The predicted molar refractivity (Wildman–Crippen MR) is 155 cm³/mol. The van der Waals surface area contributed by atoms with Gasteiger partial charge in [0.15, 0.2) is 11.5 Å². The molecule has 0 unspecified atom stereocenters. The second kappa shape index (κ2) is 13.7. The number of imidazole rings is 1. The molecule has 42 heavy (non-hydrogen) atoms. The predicted octanol–water partition coefficient (Wildman–Crippen LogP) is 6.33. The fourth-order valence-electron chi connectivity index (χ4n) is 4.62. The molecule has 1 amide bonds. The molecule has 0 bridgehead atoms. The van der Waals surface area contributed by atoms with Crippen LogP contribution in [0.2, 0.25) is 0 Å². The van der Waals surface area contributed by atoms with E-state index in [0.29, 0.717) is 59.6 Å². The standard InChI is InChI=1S/C29H29F3N4O4.C2H6/c1-19-15-21(17-22(16-19)29(30,31)32)28(37)34-27-26(33-25-5-3-4-8-36(25)27)20-6-7-23(38-2)24(18-20)40-14-11-35-9-12-39-13-10-35;1-2/h3-8,15-18H,9-14H2,1-2H3,(H,34,37);1-2H3. The first-order valence-electron chi connectivity index (χ1n) is 13.8. The SMILES string of the molecule is CC.COc1ccc(-c2nc3ccccn3c2NC(=O)c2cc(C)cc(C(F)(F)F)c2)cc1OCCN1CCOCC1. The lowest BCUT2D eigenvalue weighted by atomic mass is 10.1. The molecule has 2 aromatic heterocycles. The zero-order valence-electron chi connectivity index (χ0n) is 24.1. The molecule has 224 valence electrons. The normalized spacial score (nSPS) is 13.8. The van der Waals surface area contributed by atoms with Crippen LogP contribution in [0.5, 0.6) is 11.5 Å². The molecule has 0 atom stereocenters. The number of methoxy groups -OCH3 is 1. The van der Waals surface area contributed by atoms with Crippen LogP contribution in [-0.4, -0.2) is 66.8 Å². The maximum Gasteiger partial charge on any atom is 0.416 e. The Hall–Kier alpha value is -4.09. The second-order valence-electron chi connectivity index (χ2n) is 9.45. The highest BCUT2D eigenvalue weighted by atomic mass is 19.4. The number of benzene rings is 2. The zero-order chi connectivity index (χ0) is 30.3. The van der Waals surface area contributed by atoms with Crippen molar-refractivity contribution < 1.29 is 32.2 Å². The number of nitrogens with zero attached hydrogens (tertiary/aromatic N) is 3. The summed E-state index contributed by atoms with van der Waals surface area (Å²) in [4.78, 5) is 20.2. The highest BCUT2D eigenvalue weighted by Gasteiger charge is 2.31. The molecule has 0 saturated carbocycles. The Morgan fingerprint density at radius 3 is 2.52 bits per heavy atom. The van der Waals surface area contributed by atoms with Crippen LogP contribution in [0, 0.1) is 6.92 Å². The molecule has 0 aliphatic carbocycles. The van der Waals surface area contributed by atoms with E-state index in [1.54, 1.807) is 48.0 Å². The maximum absolute atomic E-state index is 13.4. The van der Waals surface area contributed by atoms with Crippen molar-refractivity contribution in [1.82, 2.24) is 14.3 Å². The number of fused-ring (bicyclic) bond motifs is 1. The lowest BCUT2D eigenvalue weighted by molar-refractivity contribution is -0.137. The zero-order valence-corrected chi connectivity index (χ0v) is 24.1. The summed E-state index contributed by atoms with van der Waals surface area (Å²) in [5.74, 6) is 0.687. The number of amides is 1. The smallest absolute Gasteiger partial charge is 0.416 e. The van der Waals surface area contributed by atoms with Crippen molar-refractivity contribution in [1.29, 1.82) is 0 Å². The molecule has 1 fully saturated rings. The molecule has 1 aliphatic heterocycles. The summed E-state index contributed by atoms with van der Waals surface area (Å²) in [6.45, 7) is 9.75. The number of alkyl halides is 3. The highest BCUT2D eigenvalue weighted by molar-refractivity contribution is 6.06. The largest absolute Gasteiger partial charge is 0.493 e. The molecule has 1 saturated heterocycles. The monoisotopic (exact) mass is 584 g/mol. The van der Waals surface area contributed by atoms with Crippen LogP contribution >= 0.6 is 0 Å². The van der Waals surface area contributed by atoms with Gasteiger partial charge in [-0.05, 0) is 61.0 Å². The number of hydrogen-bond acceptors (Lipinski definition) is 6. The number of rotatable bonds is 8. The molecule has 1 N–H and O–H groups in total. The quantitative estimate of drug-likeness (QED) is 0.261. The summed E-state index contributed by atoms with van der Waals surface area (Å²) >= 11 is 0. The van der Waals surface area contributed by atoms with Crippen LogP contribution in [0.25, 0.3) is 16.9 Å². The number of ether oxygens (including phenoxy) is 3. The van der Waals surface area contributed by atoms with E-state index in [9.17, 15) is 18.0 Å². The number of pyridine rings is 1. The molecule has 11 heteroatoms. The van der Waals surface area contributed by atoms with Crippen molar-refractivity contribution >= 4 is 17.4 Å². The Bertz CT molecular complexity index is 1510. The van der Waals surface area contributed by atoms with E-state index < -0.39 is 17.6 Å². The number of aryl methyl sites for hydroxylation is 1. The number of nitrogens with one attached hydrogen (secondary N) is 1. The summed E-state index contributed by atoms with van der Waals surface area (Å²) < 4.78 is 58.8. The Balaban J connectivity index is 0.00000198. The first-order chi connectivity index (χ1) is 20.2. The van der Waals surface area contributed by atoms with E-state index >= 15 is 0 Å². The summed E-state index contributed by atoms with van der Waals surface area (Å²) in [5.41, 5.74) is 0.965. The summed E-state index contributed by atoms with van der Waals surface area (Å²) in [6, 6.07) is 14.0. The molecule has 3 heterocycles. The average Bonchev–Trinajstić information content (AvgIpc) is 3.36. The molecule has 1 aliphatic rings. The lowest BCUT2D eigenvalue weighted by Crippen LogP contribution is -2.38. The van der Waals surface area contributed by atoms with Crippen LogP contribution in [0.3, 0.4) is 0 Å². The van der Waals surface area contributed by atoms with E-state index in [-0.39, 0.29) is 5.56 Å². The van der Waals surface area contributed by atoms with Crippen molar-refractivity contribution in [3.05, 3.63) is 77.5 Å². The van der Waals surface area contributed by atoms with E-state index in [0.717, 1.165) is 31.8 Å². The van der Waals surface area contributed by atoms with Crippen LogP contribution in [0.15, 0.2) is 60.8 Å². The summed E-state index contributed by atoms with van der Waals surface area (Å²) in [5, 5.41) is 2.79. The molecule has 8 nitrogen and oxygen atoms in total. The summed E-state index contributed by atoms with van der Waals surface area (Å²) in [6.07, 6.45) is -2.85. The van der Waals surface area contributed by atoms with Gasteiger partial charge in [0.25, 0.3) is 5.91 Å². The van der Waals surface area contributed by atoms with Gasteiger partial charge in [0, 0.05) is 37.0 Å². The average molecular weight is 585 g/mol. The molecule has 5 rings (SSSR count). The van der Waals surface area contributed by atoms with Gasteiger partial charge in [-0.3, -0.25) is 14.1 Å². The molecule has 0 radical (unpaired) electrons. The summed E-state index contributed by atoms with van der Waals surface area (Å²) in [7, 11) is 1.55. The highest BCUT2D eigenvalue weighted by Crippen LogP contribution is 2.36. The molecule has 2 aromatic carbocycles. The number of anilines is 1. The van der Waals surface area contributed by atoms with E-state index in [2.05, 4.69) is 10.2 Å². The van der Waals surface area contributed by atoms with Crippen molar-refractivity contribution in [3.63, 3.8) is 0 Å². The van der Waals surface area contributed by atoms with Crippen molar-refractivity contribution in [2.75, 3.05) is 51.9 Å². The Morgan fingerprint density at radius 1 is 1.05 bits per heavy atom. The molecular formula is C31H35F3N4O4. The number of morpholine rings is 1. The first kappa shape index (κ1) is 30.9. The Morgan fingerprint density at radius 2 is 1.81 bits per heavy atom. The van der Waals surface area contributed by atoms with Crippen LogP contribution in [0.1, 0.15) is 35.3 Å². The van der Waals surface area contributed by atoms with Crippen molar-refractivity contribution in [2.45, 2.75) is 26.9 Å². The van der Waals surface area contributed by atoms with E-state index in [4.69, 9.17) is 19.2 Å². The molecule has 4 aromatic rings.